The van der Waals surface area contributed by atoms with E-state index in [1.54, 1.807) is 0 Å². The Balaban J connectivity index is 2.01. The van der Waals surface area contributed by atoms with Crippen LogP contribution >= 0.6 is 0 Å². The smallest absolute Gasteiger partial charge is 0.0943 e. The zero-order chi connectivity index (χ0) is 9.54. The minimum absolute atomic E-state index is 0.786. The molecule has 1 aromatic carbocycles. The van der Waals surface area contributed by atoms with Crippen LogP contribution in [0.15, 0.2) is 24.4 Å². The lowest BCUT2D eigenvalue weighted by atomic mass is 10.2. The summed E-state index contributed by atoms with van der Waals surface area (Å²) in [5.74, 6) is 0.863. The van der Waals surface area contributed by atoms with E-state index in [9.17, 15) is 0 Å². The van der Waals surface area contributed by atoms with Crippen LogP contribution < -0.4 is 5.73 Å². The normalized spacial score (nSPS) is 16.3. The fourth-order valence-electron chi connectivity index (χ4n) is 1.74. The molecule has 2 N–H and O–H groups in total. The Bertz CT molecular complexity index is 468. The summed E-state index contributed by atoms with van der Waals surface area (Å²) in [6.45, 7) is 1.06. The van der Waals surface area contributed by atoms with Crippen molar-refractivity contribution in [3.05, 3.63) is 24.4 Å². The van der Waals surface area contributed by atoms with Gasteiger partial charge in [0.25, 0.3) is 0 Å². The Hall–Kier alpha value is -1.51. The SMILES string of the molecule is Nc1ccc2cn(CC3CC3)nc2c1. The van der Waals surface area contributed by atoms with Gasteiger partial charge >= 0.3 is 0 Å². The number of aromatic nitrogens is 2. The molecule has 0 aliphatic heterocycles. The summed E-state index contributed by atoms with van der Waals surface area (Å²) in [5.41, 5.74) is 7.49. The summed E-state index contributed by atoms with van der Waals surface area (Å²) in [7, 11) is 0. The van der Waals surface area contributed by atoms with Gasteiger partial charge in [0.2, 0.25) is 0 Å². The van der Waals surface area contributed by atoms with Crippen LogP contribution in [0.3, 0.4) is 0 Å². The quantitative estimate of drug-likeness (QED) is 0.731. The summed E-state index contributed by atoms with van der Waals surface area (Å²) in [4.78, 5) is 0. The zero-order valence-corrected chi connectivity index (χ0v) is 7.98. The largest absolute Gasteiger partial charge is 0.399 e. The molecule has 1 aliphatic carbocycles. The fraction of sp³-hybridized carbons (Fsp3) is 0.364. The van der Waals surface area contributed by atoms with Gasteiger partial charge in [-0.05, 0) is 37.0 Å². The minimum Gasteiger partial charge on any atom is -0.399 e. The topological polar surface area (TPSA) is 43.8 Å². The molecule has 1 heterocycles. The number of hydrogen-bond donors (Lipinski definition) is 1. The first-order chi connectivity index (χ1) is 6.81. The maximum atomic E-state index is 5.70. The van der Waals surface area contributed by atoms with Gasteiger partial charge in [-0.3, -0.25) is 4.68 Å². The number of rotatable bonds is 2. The summed E-state index contributed by atoms with van der Waals surface area (Å²) < 4.78 is 2.04. The highest BCUT2D eigenvalue weighted by Crippen LogP contribution is 2.30. The summed E-state index contributed by atoms with van der Waals surface area (Å²) in [6.07, 6.45) is 4.82. The lowest BCUT2D eigenvalue weighted by Crippen LogP contribution is -1.99. The Morgan fingerprint density at radius 3 is 3.07 bits per heavy atom. The molecule has 14 heavy (non-hydrogen) atoms. The molecular formula is C11H13N3. The van der Waals surface area contributed by atoms with E-state index < -0.39 is 0 Å². The van der Waals surface area contributed by atoms with Gasteiger partial charge < -0.3 is 5.73 Å². The number of nitrogens with zero attached hydrogens (tertiary/aromatic N) is 2. The average molecular weight is 187 g/mol. The third-order valence-electron chi connectivity index (χ3n) is 2.72. The maximum Gasteiger partial charge on any atom is 0.0943 e. The van der Waals surface area contributed by atoms with Crippen LogP contribution in [0.5, 0.6) is 0 Å². The maximum absolute atomic E-state index is 5.70. The van der Waals surface area contributed by atoms with Gasteiger partial charge in [0.05, 0.1) is 5.52 Å². The second-order valence-electron chi connectivity index (χ2n) is 4.11. The number of nitrogen functional groups attached to an aromatic ring is 1. The van der Waals surface area contributed by atoms with Crippen LogP contribution in [-0.2, 0) is 6.54 Å². The van der Waals surface area contributed by atoms with Crippen molar-refractivity contribution in [2.45, 2.75) is 19.4 Å². The monoisotopic (exact) mass is 187 g/mol. The first-order valence-corrected chi connectivity index (χ1v) is 5.04. The molecule has 1 fully saturated rings. The standard InChI is InChI=1S/C11H13N3/c12-10-4-3-9-7-14(6-8-1-2-8)13-11(9)5-10/h3-5,7-8H,1-2,6,12H2. The summed E-state index contributed by atoms with van der Waals surface area (Å²) >= 11 is 0. The Morgan fingerprint density at radius 2 is 2.29 bits per heavy atom. The molecule has 72 valence electrons. The lowest BCUT2D eigenvalue weighted by molar-refractivity contribution is 0.568. The first-order valence-electron chi connectivity index (χ1n) is 5.04. The molecule has 0 saturated heterocycles. The van der Waals surface area contributed by atoms with Gasteiger partial charge in [-0.15, -0.1) is 0 Å². The third kappa shape index (κ3) is 1.35. The van der Waals surface area contributed by atoms with Crippen molar-refractivity contribution in [2.75, 3.05) is 5.73 Å². The first kappa shape index (κ1) is 7.85. The zero-order valence-electron chi connectivity index (χ0n) is 7.98. The van der Waals surface area contributed by atoms with Gasteiger partial charge in [0.1, 0.15) is 0 Å². The van der Waals surface area contributed by atoms with Gasteiger partial charge in [0.15, 0.2) is 0 Å². The molecule has 3 rings (SSSR count). The van der Waals surface area contributed by atoms with Crippen molar-refractivity contribution in [1.29, 1.82) is 0 Å². The van der Waals surface area contributed by atoms with Crippen LogP contribution in [0, 0.1) is 5.92 Å². The van der Waals surface area contributed by atoms with Crippen molar-refractivity contribution in [2.24, 2.45) is 5.92 Å². The molecule has 0 unspecified atom stereocenters. The number of benzene rings is 1. The third-order valence-corrected chi connectivity index (χ3v) is 2.72. The van der Waals surface area contributed by atoms with E-state index in [1.165, 1.54) is 18.2 Å². The molecule has 1 aliphatic rings. The minimum atomic E-state index is 0.786. The van der Waals surface area contributed by atoms with Crippen LogP contribution in [0.2, 0.25) is 0 Å². The van der Waals surface area contributed by atoms with E-state index in [0.29, 0.717) is 0 Å². The van der Waals surface area contributed by atoms with Crippen LogP contribution in [-0.4, -0.2) is 9.78 Å². The highest BCUT2D eigenvalue weighted by molar-refractivity contribution is 5.81. The predicted molar refractivity (Wildman–Crippen MR) is 56.9 cm³/mol. The van der Waals surface area contributed by atoms with E-state index in [4.69, 9.17) is 5.73 Å². The molecule has 1 saturated carbocycles. The van der Waals surface area contributed by atoms with Crippen molar-refractivity contribution in [3.63, 3.8) is 0 Å². The molecule has 0 spiro atoms. The van der Waals surface area contributed by atoms with Crippen LogP contribution in [0.1, 0.15) is 12.8 Å². The van der Waals surface area contributed by atoms with Gasteiger partial charge in [-0.25, -0.2) is 0 Å². The second kappa shape index (κ2) is 2.74. The number of anilines is 1. The molecule has 0 bridgehead atoms. The summed E-state index contributed by atoms with van der Waals surface area (Å²) in [6, 6.07) is 5.88. The van der Waals surface area contributed by atoms with E-state index in [0.717, 1.165) is 23.7 Å². The van der Waals surface area contributed by atoms with E-state index in [-0.39, 0.29) is 0 Å². The van der Waals surface area contributed by atoms with E-state index in [2.05, 4.69) is 11.3 Å². The molecule has 3 nitrogen and oxygen atoms in total. The molecule has 1 aromatic heterocycles. The lowest BCUT2D eigenvalue weighted by Gasteiger charge is -1.95. The van der Waals surface area contributed by atoms with Crippen LogP contribution in [0.4, 0.5) is 5.69 Å². The van der Waals surface area contributed by atoms with Crippen LogP contribution in [0.25, 0.3) is 10.9 Å². The molecule has 0 atom stereocenters. The van der Waals surface area contributed by atoms with E-state index >= 15 is 0 Å². The molecular weight excluding hydrogens is 174 g/mol. The number of nitrogens with two attached hydrogens (primary N) is 1. The highest BCUT2D eigenvalue weighted by Gasteiger charge is 2.21. The van der Waals surface area contributed by atoms with Gasteiger partial charge in [-0.1, -0.05) is 0 Å². The average Bonchev–Trinajstić information content (AvgIpc) is 2.84. The molecule has 0 amide bonds. The Labute approximate surface area is 82.5 Å². The number of hydrogen-bond acceptors (Lipinski definition) is 2. The Morgan fingerprint density at radius 1 is 1.43 bits per heavy atom. The van der Waals surface area contributed by atoms with E-state index in [1.807, 2.05) is 22.9 Å². The second-order valence-corrected chi connectivity index (χ2v) is 4.11. The van der Waals surface area contributed by atoms with Crippen molar-refractivity contribution in [1.82, 2.24) is 9.78 Å². The highest BCUT2D eigenvalue weighted by atomic mass is 15.3. The van der Waals surface area contributed by atoms with Gasteiger partial charge in [-0.2, -0.15) is 5.10 Å². The molecule has 2 aromatic rings. The summed E-state index contributed by atoms with van der Waals surface area (Å²) in [5, 5.41) is 5.67. The number of fused-ring (bicyclic) bond motifs is 1. The fourth-order valence-corrected chi connectivity index (χ4v) is 1.74. The molecule has 3 heteroatoms. The van der Waals surface area contributed by atoms with Crippen molar-refractivity contribution >= 4 is 16.6 Å². The van der Waals surface area contributed by atoms with Crippen molar-refractivity contribution < 1.29 is 0 Å². The van der Waals surface area contributed by atoms with Gasteiger partial charge in [0, 0.05) is 23.8 Å². The Kier molecular flexibility index (Phi) is 1.54. The predicted octanol–water partition coefficient (Wildman–Crippen LogP) is 2.03. The molecule has 0 radical (unpaired) electrons. The van der Waals surface area contributed by atoms with Crippen molar-refractivity contribution in [3.8, 4) is 0 Å².